The van der Waals surface area contributed by atoms with E-state index in [4.69, 9.17) is 10.5 Å². The number of aliphatic hydroxyl groups excluding tert-OH is 1. The number of halogens is 1. The third-order valence-electron chi connectivity index (χ3n) is 2.60. The number of hydrogen-bond acceptors (Lipinski definition) is 4. The van der Waals surface area contributed by atoms with Crippen LogP contribution in [0.3, 0.4) is 0 Å². The second-order valence-corrected chi connectivity index (χ2v) is 3.77. The van der Waals surface area contributed by atoms with Gasteiger partial charge in [-0.15, -0.1) is 12.4 Å². The first-order valence-corrected chi connectivity index (χ1v) is 5.41. The molecule has 0 aliphatic rings. The van der Waals surface area contributed by atoms with Crippen molar-refractivity contribution in [1.82, 2.24) is 0 Å². The van der Waals surface area contributed by atoms with Crippen LogP contribution >= 0.6 is 12.4 Å². The minimum atomic E-state index is -0.674. The first-order chi connectivity index (χ1) is 7.61. The van der Waals surface area contributed by atoms with Crippen molar-refractivity contribution < 1.29 is 14.9 Å². The van der Waals surface area contributed by atoms with Gasteiger partial charge in [0, 0.05) is 0 Å². The summed E-state index contributed by atoms with van der Waals surface area (Å²) in [4.78, 5) is 0. The first kappa shape index (κ1) is 16.0. The highest BCUT2D eigenvalue weighted by Crippen LogP contribution is 2.34. The van der Waals surface area contributed by atoms with Crippen LogP contribution in [0.1, 0.15) is 31.4 Å². The minimum Gasteiger partial charge on any atom is -0.507 e. The van der Waals surface area contributed by atoms with Crippen LogP contribution < -0.4 is 10.5 Å². The fourth-order valence-corrected chi connectivity index (χ4v) is 1.71. The maximum atomic E-state index is 9.82. The second-order valence-electron chi connectivity index (χ2n) is 3.77. The predicted octanol–water partition coefficient (Wildman–Crippen LogP) is 1.98. The average molecular weight is 262 g/mol. The molecular weight excluding hydrogens is 242 g/mol. The van der Waals surface area contributed by atoms with E-state index in [2.05, 4.69) is 0 Å². The smallest absolute Gasteiger partial charge is 0.127 e. The Labute approximate surface area is 108 Å². The molecule has 0 saturated carbocycles. The van der Waals surface area contributed by atoms with E-state index in [1.807, 2.05) is 6.92 Å². The Morgan fingerprint density at radius 2 is 2.06 bits per heavy atom. The van der Waals surface area contributed by atoms with E-state index in [1.54, 1.807) is 12.1 Å². The number of aliphatic hydroxyl groups is 1. The monoisotopic (exact) mass is 261 g/mol. The van der Waals surface area contributed by atoms with Crippen LogP contribution in [-0.4, -0.2) is 23.4 Å². The molecule has 0 bridgehead atoms. The summed E-state index contributed by atoms with van der Waals surface area (Å²) in [5, 5.41) is 19.6. The van der Waals surface area contributed by atoms with Crippen LogP contribution in [0.5, 0.6) is 11.5 Å². The molecule has 17 heavy (non-hydrogen) atoms. The maximum Gasteiger partial charge on any atom is 0.127 e. The number of methoxy groups -OCH3 is 1. The highest BCUT2D eigenvalue weighted by atomic mass is 35.5. The average Bonchev–Trinajstić information content (AvgIpc) is 2.28. The lowest BCUT2D eigenvalue weighted by Crippen LogP contribution is -2.26. The lowest BCUT2D eigenvalue weighted by molar-refractivity contribution is 0.132. The molecule has 0 unspecified atom stereocenters. The van der Waals surface area contributed by atoms with E-state index >= 15 is 0 Å². The SMILES string of the molecule is CCC[C@@H](O)[C@@H](N)c1c(O)cccc1OC.Cl. The number of ether oxygens (including phenoxy) is 1. The molecule has 0 radical (unpaired) electrons. The fraction of sp³-hybridized carbons (Fsp3) is 0.500. The molecule has 98 valence electrons. The number of nitrogens with two attached hydrogens (primary N) is 1. The molecule has 0 spiro atoms. The Morgan fingerprint density at radius 3 is 2.59 bits per heavy atom. The highest BCUT2D eigenvalue weighted by molar-refractivity contribution is 5.85. The van der Waals surface area contributed by atoms with Gasteiger partial charge in [-0.05, 0) is 18.6 Å². The van der Waals surface area contributed by atoms with Gasteiger partial charge >= 0.3 is 0 Å². The molecule has 0 fully saturated rings. The topological polar surface area (TPSA) is 75.7 Å². The van der Waals surface area contributed by atoms with Gasteiger partial charge in [0.15, 0.2) is 0 Å². The normalized spacial score (nSPS) is 13.6. The van der Waals surface area contributed by atoms with Crippen LogP contribution in [0.2, 0.25) is 0 Å². The Morgan fingerprint density at radius 1 is 1.41 bits per heavy atom. The molecule has 0 saturated heterocycles. The Kier molecular flexibility index (Phi) is 6.95. The summed E-state index contributed by atoms with van der Waals surface area (Å²) in [6.45, 7) is 1.97. The number of phenolic OH excluding ortho intramolecular Hbond substituents is 1. The number of aromatic hydroxyl groups is 1. The zero-order valence-electron chi connectivity index (χ0n) is 10.1. The fourth-order valence-electron chi connectivity index (χ4n) is 1.71. The quantitative estimate of drug-likeness (QED) is 0.758. The van der Waals surface area contributed by atoms with Crippen LogP contribution in [0, 0.1) is 0 Å². The first-order valence-electron chi connectivity index (χ1n) is 5.41. The zero-order valence-corrected chi connectivity index (χ0v) is 10.9. The number of hydrogen-bond donors (Lipinski definition) is 3. The van der Waals surface area contributed by atoms with Crippen molar-refractivity contribution in [2.75, 3.05) is 7.11 Å². The van der Waals surface area contributed by atoms with Crippen LogP contribution in [0.25, 0.3) is 0 Å². The van der Waals surface area contributed by atoms with Gasteiger partial charge in [0.25, 0.3) is 0 Å². The predicted molar refractivity (Wildman–Crippen MR) is 69.8 cm³/mol. The summed E-state index contributed by atoms with van der Waals surface area (Å²) < 4.78 is 5.12. The van der Waals surface area contributed by atoms with Crippen LogP contribution in [0.15, 0.2) is 18.2 Å². The third kappa shape index (κ3) is 3.77. The molecular formula is C12H20ClNO3. The molecule has 5 heteroatoms. The summed E-state index contributed by atoms with van der Waals surface area (Å²) in [6.07, 6.45) is 0.760. The molecule has 4 N–H and O–H groups in total. The van der Waals surface area contributed by atoms with E-state index in [0.29, 0.717) is 17.7 Å². The van der Waals surface area contributed by atoms with Crippen molar-refractivity contribution in [3.63, 3.8) is 0 Å². The van der Waals surface area contributed by atoms with E-state index < -0.39 is 12.1 Å². The minimum absolute atomic E-state index is 0. The van der Waals surface area contributed by atoms with Crippen molar-refractivity contribution >= 4 is 12.4 Å². The molecule has 4 nitrogen and oxygen atoms in total. The van der Waals surface area contributed by atoms with Gasteiger partial charge in [-0.2, -0.15) is 0 Å². The number of benzene rings is 1. The van der Waals surface area contributed by atoms with E-state index in [-0.39, 0.29) is 18.2 Å². The van der Waals surface area contributed by atoms with Crippen molar-refractivity contribution in [2.24, 2.45) is 5.73 Å². The molecule has 1 aromatic rings. The number of rotatable bonds is 5. The molecule has 1 rings (SSSR count). The van der Waals surface area contributed by atoms with Gasteiger partial charge in [-0.1, -0.05) is 19.4 Å². The van der Waals surface area contributed by atoms with Gasteiger partial charge in [-0.25, -0.2) is 0 Å². The van der Waals surface area contributed by atoms with Crippen molar-refractivity contribution in [3.8, 4) is 11.5 Å². The van der Waals surface area contributed by atoms with Gasteiger partial charge in [0.2, 0.25) is 0 Å². The third-order valence-corrected chi connectivity index (χ3v) is 2.60. The Balaban J connectivity index is 0.00000256. The highest BCUT2D eigenvalue weighted by Gasteiger charge is 2.22. The molecule has 0 heterocycles. The van der Waals surface area contributed by atoms with Crippen molar-refractivity contribution in [1.29, 1.82) is 0 Å². The van der Waals surface area contributed by atoms with Crippen LogP contribution in [0.4, 0.5) is 0 Å². The lowest BCUT2D eigenvalue weighted by atomic mass is 9.97. The maximum absolute atomic E-state index is 9.82. The second kappa shape index (κ2) is 7.37. The van der Waals surface area contributed by atoms with Crippen LogP contribution in [-0.2, 0) is 0 Å². The summed E-state index contributed by atoms with van der Waals surface area (Å²) >= 11 is 0. The van der Waals surface area contributed by atoms with E-state index in [9.17, 15) is 10.2 Å². The number of phenols is 1. The molecule has 1 aromatic carbocycles. The molecule has 0 aliphatic heterocycles. The molecule has 0 aromatic heterocycles. The lowest BCUT2D eigenvalue weighted by Gasteiger charge is -2.21. The molecule has 0 amide bonds. The van der Waals surface area contributed by atoms with Gasteiger partial charge in [0.1, 0.15) is 11.5 Å². The van der Waals surface area contributed by atoms with Gasteiger partial charge in [0.05, 0.1) is 24.8 Å². The zero-order chi connectivity index (χ0) is 12.1. The molecule has 0 aliphatic carbocycles. The summed E-state index contributed by atoms with van der Waals surface area (Å²) in [5.41, 5.74) is 6.38. The van der Waals surface area contributed by atoms with Crippen molar-refractivity contribution in [2.45, 2.75) is 31.9 Å². The summed E-state index contributed by atoms with van der Waals surface area (Å²) in [7, 11) is 1.51. The standard InChI is InChI=1S/C12H19NO3.ClH/c1-3-5-9(15)12(13)11-8(14)6-4-7-10(11)16-2;/h4,6-7,9,12,14-15H,3,5,13H2,1-2H3;1H/t9-,12-;/m1./s1. The van der Waals surface area contributed by atoms with Crippen molar-refractivity contribution in [3.05, 3.63) is 23.8 Å². The van der Waals surface area contributed by atoms with Gasteiger partial charge in [-0.3, -0.25) is 0 Å². The Bertz CT molecular complexity index is 347. The van der Waals surface area contributed by atoms with E-state index in [0.717, 1.165) is 6.42 Å². The van der Waals surface area contributed by atoms with Gasteiger partial charge < -0.3 is 20.7 Å². The molecule has 2 atom stereocenters. The summed E-state index contributed by atoms with van der Waals surface area (Å²) in [5.74, 6) is 0.560. The largest absolute Gasteiger partial charge is 0.507 e. The Hall–Kier alpha value is -0.970. The summed E-state index contributed by atoms with van der Waals surface area (Å²) in [6, 6.07) is 4.30. The van der Waals surface area contributed by atoms with E-state index in [1.165, 1.54) is 13.2 Å².